The van der Waals surface area contributed by atoms with Gasteiger partial charge in [-0.05, 0) is 107 Å². The fourth-order valence-corrected chi connectivity index (χ4v) is 10.1. The van der Waals surface area contributed by atoms with Crippen molar-refractivity contribution >= 4 is 88.2 Å². The molecule has 0 unspecified atom stereocenters. The third kappa shape index (κ3) is 21.3. The van der Waals surface area contributed by atoms with Gasteiger partial charge in [0.15, 0.2) is 0 Å². The van der Waals surface area contributed by atoms with E-state index in [-0.39, 0.29) is 50.4 Å². The van der Waals surface area contributed by atoms with E-state index < -0.39 is 138 Å². The van der Waals surface area contributed by atoms with Crippen LogP contribution >= 0.6 is 23.2 Å². The number of hydrogen-bond acceptors (Lipinski definition) is 11. The lowest BCUT2D eigenvalue weighted by atomic mass is 9.95. The first-order chi connectivity index (χ1) is 39.5. The molecule has 0 spiro atoms. The molecule has 3 rings (SSSR count). The Bertz CT molecular complexity index is 2690. The van der Waals surface area contributed by atoms with Crippen molar-refractivity contribution in [3.63, 3.8) is 0 Å². The molecule has 2 aromatic rings. The number of amides is 11. The zero-order chi connectivity index (χ0) is 64.5. The van der Waals surface area contributed by atoms with Crippen molar-refractivity contribution in [2.75, 3.05) is 69.0 Å². The van der Waals surface area contributed by atoms with Crippen LogP contribution in [0.1, 0.15) is 112 Å². The number of halogens is 2. The first kappa shape index (κ1) is 72.4. The zero-order valence-corrected chi connectivity index (χ0v) is 54.4. The Labute approximate surface area is 512 Å². The van der Waals surface area contributed by atoms with Crippen LogP contribution in [0.5, 0.6) is 0 Å². The van der Waals surface area contributed by atoms with E-state index in [0.29, 0.717) is 22.0 Å². The van der Waals surface area contributed by atoms with Crippen LogP contribution in [0, 0.1) is 17.8 Å². The summed E-state index contributed by atoms with van der Waals surface area (Å²) in [6, 6.07) is 5.82. The Balaban J connectivity index is 2.17. The summed E-state index contributed by atoms with van der Waals surface area (Å²) in [5.74, 6) is -7.68. The van der Waals surface area contributed by atoms with Gasteiger partial charge in [0.25, 0.3) is 0 Å². The van der Waals surface area contributed by atoms with E-state index in [1.54, 1.807) is 62.4 Å². The molecule has 4 N–H and O–H groups in total. The number of aryl methyl sites for hydroxylation is 1. The molecule has 0 aromatic heterocycles. The van der Waals surface area contributed by atoms with Crippen molar-refractivity contribution in [2.24, 2.45) is 17.8 Å². The molecule has 1 saturated heterocycles. The normalized spacial score (nSPS) is 24.2. The Hall–Kier alpha value is -6.81. The summed E-state index contributed by atoms with van der Waals surface area (Å²) in [4.78, 5) is 165. The molecule has 0 bridgehead atoms. The molecular weight excluding hydrogens is 1130 g/mol. The highest BCUT2D eigenvalue weighted by Crippen LogP contribution is 2.22. The van der Waals surface area contributed by atoms with E-state index in [9.17, 15) is 52.7 Å². The topological polar surface area (TPSA) is 259 Å². The smallest absolute Gasteiger partial charge is 0.248 e. The van der Waals surface area contributed by atoms with E-state index >= 15 is 0 Å². The van der Waals surface area contributed by atoms with E-state index in [1.807, 2.05) is 34.6 Å². The lowest BCUT2D eigenvalue weighted by molar-refractivity contribution is -0.149. The van der Waals surface area contributed by atoms with Crippen molar-refractivity contribution in [1.29, 1.82) is 0 Å². The van der Waals surface area contributed by atoms with Gasteiger partial charge < -0.3 is 55.6 Å². The predicted octanol–water partition coefficient (Wildman–Crippen LogP) is 3.78. The van der Waals surface area contributed by atoms with Crippen LogP contribution in [-0.2, 0) is 65.6 Å². The van der Waals surface area contributed by atoms with Gasteiger partial charge in [-0.3, -0.25) is 52.7 Å². The predicted molar refractivity (Wildman–Crippen MR) is 326 cm³/mol. The monoisotopic (exact) mass is 1230 g/mol. The van der Waals surface area contributed by atoms with Gasteiger partial charge in [-0.2, -0.15) is 0 Å². The van der Waals surface area contributed by atoms with Gasteiger partial charge in [-0.25, -0.2) is 0 Å². The van der Waals surface area contributed by atoms with Crippen LogP contribution in [0.4, 0.5) is 0 Å². The summed E-state index contributed by atoms with van der Waals surface area (Å²) in [6.45, 7) is 15.5. The standard InChI is InChI=1S/C61H93Cl2N11O11/c1-18-38(6)53-59(84)70(13)34-51(77)68(11)35-52(78)72(15)48(32-42-21-26-44(63)27-22-42)58(83)69(12)33-49(75)65-45(28-23-41-19-24-43(62)25-20-41)57(82)73(16)47(30-37(4)5)56(81)67-61(9,10)60(85)74(17)46(29-36(2)3)55(80)64-39(7)31-50(76)71(14)40(8)54(79)66-53/h19-22,24-27,36-40,45-48,53H,18,23,28-35H2,1-17H3,(H,64,80)(H,65,75)(H,66,79)(H,67,81)/t38-,39-,40-,45-,46-,47-,48-,53-/m0/s1. The minimum atomic E-state index is -1.65. The van der Waals surface area contributed by atoms with Crippen molar-refractivity contribution in [3.05, 3.63) is 69.7 Å². The molecule has 1 aliphatic heterocycles. The Morgan fingerprint density at radius 1 is 0.541 bits per heavy atom. The fourth-order valence-electron chi connectivity index (χ4n) is 9.80. The number of benzene rings is 2. The van der Waals surface area contributed by atoms with Crippen LogP contribution in [0.25, 0.3) is 0 Å². The van der Waals surface area contributed by atoms with Crippen molar-refractivity contribution < 1.29 is 52.7 Å². The van der Waals surface area contributed by atoms with Crippen LogP contribution in [-0.4, -0.2) is 216 Å². The Morgan fingerprint density at radius 2 is 1.05 bits per heavy atom. The van der Waals surface area contributed by atoms with Gasteiger partial charge in [0.2, 0.25) is 65.0 Å². The molecule has 472 valence electrons. The van der Waals surface area contributed by atoms with Crippen LogP contribution in [0.2, 0.25) is 10.0 Å². The molecule has 0 radical (unpaired) electrons. The second-order valence-corrected chi connectivity index (χ2v) is 25.1. The number of nitrogens with zero attached hydrogens (tertiary/aromatic N) is 7. The van der Waals surface area contributed by atoms with Gasteiger partial charge >= 0.3 is 0 Å². The molecule has 1 heterocycles. The molecule has 22 nitrogen and oxygen atoms in total. The summed E-state index contributed by atoms with van der Waals surface area (Å²) >= 11 is 12.4. The minimum absolute atomic E-state index is 0.0393. The van der Waals surface area contributed by atoms with Gasteiger partial charge in [-0.1, -0.05) is 95.4 Å². The molecule has 1 aliphatic rings. The van der Waals surface area contributed by atoms with Crippen molar-refractivity contribution in [3.8, 4) is 0 Å². The average molecular weight is 1230 g/mol. The highest BCUT2D eigenvalue weighted by atomic mass is 35.5. The lowest BCUT2D eigenvalue weighted by Gasteiger charge is -2.38. The lowest BCUT2D eigenvalue weighted by Crippen LogP contribution is -2.63. The van der Waals surface area contributed by atoms with Crippen molar-refractivity contribution in [2.45, 2.75) is 162 Å². The Kier molecular flexibility index (Phi) is 27.8. The summed E-state index contributed by atoms with van der Waals surface area (Å²) in [5, 5.41) is 12.2. The maximum atomic E-state index is 14.9. The molecule has 0 aliphatic carbocycles. The van der Waals surface area contributed by atoms with Crippen LogP contribution < -0.4 is 21.3 Å². The number of hydrogen-bond donors (Lipinski definition) is 4. The van der Waals surface area contributed by atoms with Crippen LogP contribution in [0.3, 0.4) is 0 Å². The number of likely N-dealkylation sites (N-methyl/N-ethyl adjacent to an activating group) is 7. The minimum Gasteiger partial charge on any atom is -0.351 e. The first-order valence-electron chi connectivity index (χ1n) is 29.0. The summed E-state index contributed by atoms with van der Waals surface area (Å²) in [5.41, 5.74) is -0.247. The van der Waals surface area contributed by atoms with Gasteiger partial charge in [0.1, 0.15) is 41.8 Å². The third-order valence-corrected chi connectivity index (χ3v) is 16.1. The van der Waals surface area contributed by atoms with Crippen molar-refractivity contribution in [1.82, 2.24) is 55.6 Å². The molecule has 11 amide bonds. The maximum absolute atomic E-state index is 14.9. The molecule has 24 heteroatoms. The number of carbonyl (C=O) groups excluding carboxylic acids is 11. The molecule has 85 heavy (non-hydrogen) atoms. The van der Waals surface area contributed by atoms with E-state index in [1.165, 1.54) is 89.7 Å². The summed E-state index contributed by atoms with van der Waals surface area (Å²) < 4.78 is 0. The molecule has 0 saturated carbocycles. The van der Waals surface area contributed by atoms with Crippen LogP contribution in [0.15, 0.2) is 48.5 Å². The number of carbonyl (C=O) groups is 11. The molecule has 8 atom stereocenters. The van der Waals surface area contributed by atoms with E-state index in [4.69, 9.17) is 23.2 Å². The maximum Gasteiger partial charge on any atom is 0.248 e. The SMILES string of the molecule is CC[C@H](C)[C@@H]1NC(=O)[C@H](C)N(C)C(=O)C[C@H](C)NC(=O)[C@H](CC(C)C)N(C)C(=O)C(C)(C)NC(=O)[C@H](CC(C)C)N(C)C(=O)[C@H](CCc2ccc(Cl)cc2)NC(=O)CN(C)C(=O)[C@H](Cc2ccc(Cl)cc2)N(C)C(=O)CN(C)C(=O)CN(C)C1=O. The van der Waals surface area contributed by atoms with E-state index in [0.717, 1.165) is 20.3 Å². The molecule has 1 fully saturated rings. The number of rotatable bonds is 11. The quantitative estimate of drug-likeness (QED) is 0.252. The fraction of sp³-hybridized carbons (Fsp3) is 0.623. The Morgan fingerprint density at radius 3 is 1.58 bits per heavy atom. The zero-order valence-electron chi connectivity index (χ0n) is 52.8. The van der Waals surface area contributed by atoms with E-state index in [2.05, 4.69) is 21.3 Å². The average Bonchev–Trinajstić information content (AvgIpc) is 3.63. The first-order valence-corrected chi connectivity index (χ1v) is 29.8. The second kappa shape index (κ2) is 32.6. The summed E-state index contributed by atoms with van der Waals surface area (Å²) in [6.07, 6.45) is 0.818. The highest BCUT2D eigenvalue weighted by molar-refractivity contribution is 6.30. The largest absolute Gasteiger partial charge is 0.351 e. The molecular formula is C61H93Cl2N11O11. The van der Waals surface area contributed by atoms with Gasteiger partial charge in [0.05, 0.1) is 19.6 Å². The second-order valence-electron chi connectivity index (χ2n) is 24.2. The number of nitrogens with one attached hydrogen (secondary N) is 4. The molecule has 2 aromatic carbocycles. The van der Waals surface area contributed by atoms with Gasteiger partial charge in [0, 0.05) is 78.3 Å². The van der Waals surface area contributed by atoms with Gasteiger partial charge in [-0.15, -0.1) is 0 Å². The highest BCUT2D eigenvalue weighted by Gasteiger charge is 2.42. The third-order valence-electron chi connectivity index (χ3n) is 15.6. The summed E-state index contributed by atoms with van der Waals surface area (Å²) in [7, 11) is 9.83.